The predicted octanol–water partition coefficient (Wildman–Crippen LogP) is 15.4. The largest absolute Gasteiger partial charge is 0.494 e. The number of aromatic nitrogens is 1. The fourth-order valence-corrected chi connectivity index (χ4v) is 7.79. The van der Waals surface area contributed by atoms with Gasteiger partial charge in [0.1, 0.15) is 23.0 Å². The van der Waals surface area contributed by atoms with Crippen LogP contribution in [0, 0.1) is 0 Å². The Morgan fingerprint density at radius 1 is 0.381 bits per heavy atom. The molecule has 6 aromatic carbocycles. The van der Waals surface area contributed by atoms with E-state index in [0.717, 1.165) is 84.8 Å². The minimum atomic E-state index is 0.0729. The molecule has 0 aliphatic heterocycles. The molecule has 0 fully saturated rings. The number of rotatable bonds is 15. The monoisotopic (exact) mass is 838 g/mol. The molecule has 0 amide bonds. The van der Waals surface area contributed by atoms with Crippen LogP contribution in [0.5, 0.6) is 23.0 Å². The molecule has 0 aliphatic carbocycles. The summed E-state index contributed by atoms with van der Waals surface area (Å²) in [6, 6.07) is 51.8. The van der Waals surface area contributed by atoms with Gasteiger partial charge in [-0.3, -0.25) is 0 Å². The van der Waals surface area contributed by atoms with Crippen LogP contribution in [0.25, 0.3) is 44.8 Å². The van der Waals surface area contributed by atoms with E-state index in [1.165, 1.54) is 11.1 Å². The van der Waals surface area contributed by atoms with Gasteiger partial charge < -0.3 is 23.8 Å². The maximum absolute atomic E-state index is 6.18. The molecule has 0 saturated heterocycles. The van der Waals surface area contributed by atoms with Crippen molar-refractivity contribution >= 4 is 17.1 Å². The molecular weight excluding hydrogens is 777 g/mol. The van der Waals surface area contributed by atoms with Gasteiger partial charge in [-0.25, -0.2) is 4.98 Å². The Labute approximate surface area is 375 Å². The molecule has 0 spiro atoms. The van der Waals surface area contributed by atoms with E-state index in [1.807, 2.05) is 64.1 Å². The molecule has 324 valence electrons. The summed E-state index contributed by atoms with van der Waals surface area (Å²) < 4.78 is 24.1. The Bertz CT molecular complexity index is 2470. The fourth-order valence-electron chi connectivity index (χ4n) is 7.79. The molecule has 7 aromatic rings. The molecule has 0 aliphatic rings. The minimum absolute atomic E-state index is 0.0729. The van der Waals surface area contributed by atoms with Crippen LogP contribution in [0.2, 0.25) is 0 Å². The first-order valence-corrected chi connectivity index (χ1v) is 22.3. The molecule has 1 heterocycles. The zero-order valence-corrected chi connectivity index (χ0v) is 38.7. The van der Waals surface area contributed by atoms with Gasteiger partial charge >= 0.3 is 0 Å². The average molecular weight is 839 g/mol. The van der Waals surface area contributed by atoms with Crippen LogP contribution in [0.3, 0.4) is 0 Å². The van der Waals surface area contributed by atoms with Crippen LogP contribution < -0.4 is 23.8 Å². The van der Waals surface area contributed by atoms with Gasteiger partial charge in [-0.2, -0.15) is 0 Å². The van der Waals surface area contributed by atoms with Gasteiger partial charge in [-0.1, -0.05) is 102 Å². The van der Waals surface area contributed by atoms with Crippen LogP contribution in [0.15, 0.2) is 146 Å². The van der Waals surface area contributed by atoms with Gasteiger partial charge in [-0.15, -0.1) is 0 Å². The lowest BCUT2D eigenvalue weighted by atomic mass is 9.86. The number of anilines is 3. The highest BCUT2D eigenvalue weighted by molar-refractivity contribution is 5.83. The summed E-state index contributed by atoms with van der Waals surface area (Å²) in [7, 11) is 0. The third-order valence-electron chi connectivity index (χ3n) is 11.2. The van der Waals surface area contributed by atoms with Crippen LogP contribution >= 0.6 is 0 Å². The van der Waals surface area contributed by atoms with E-state index in [9.17, 15) is 0 Å². The Kier molecular flexibility index (Phi) is 13.6. The molecule has 0 bridgehead atoms. The van der Waals surface area contributed by atoms with E-state index in [0.29, 0.717) is 26.4 Å². The highest BCUT2D eigenvalue weighted by Gasteiger charge is 2.20. The Hall–Kier alpha value is -6.53. The summed E-state index contributed by atoms with van der Waals surface area (Å²) in [6.07, 6.45) is 0. The van der Waals surface area contributed by atoms with Gasteiger partial charge in [0.2, 0.25) is 0 Å². The van der Waals surface area contributed by atoms with Gasteiger partial charge in [0.25, 0.3) is 0 Å². The first kappa shape index (κ1) is 44.5. The summed E-state index contributed by atoms with van der Waals surface area (Å²) in [5.74, 6) is 2.95. The normalized spacial score (nSPS) is 11.6. The van der Waals surface area contributed by atoms with Gasteiger partial charge in [-0.05, 0) is 145 Å². The minimum Gasteiger partial charge on any atom is -0.494 e. The number of nitrogens with zero attached hydrogens (tertiary/aromatic N) is 2. The first-order chi connectivity index (χ1) is 30.3. The number of hydrogen-bond acceptors (Lipinski definition) is 6. The standard InChI is InChI=1S/C57H62N2O4/c1-11-60-48-31-33-50(54(37-48)62-13-3)52-35-42(36-53(58-52)51-34-32-49(61-12-2)38-55(51)63-14-4)41-17-15-39(16-18-41)40-19-25-45(26-20-40)59(46-27-21-43(22-28-46)56(5,6)7)47-29-23-44(24-30-47)57(8,9)10/h15-38H,11-14H2,1-10H3. The van der Waals surface area contributed by atoms with E-state index in [4.69, 9.17) is 23.9 Å². The zero-order valence-electron chi connectivity index (χ0n) is 38.7. The van der Waals surface area contributed by atoms with E-state index < -0.39 is 0 Å². The number of pyridine rings is 1. The Morgan fingerprint density at radius 3 is 1.06 bits per heavy atom. The van der Waals surface area contributed by atoms with Crippen molar-refractivity contribution in [3.63, 3.8) is 0 Å². The molecule has 6 heteroatoms. The second-order valence-corrected chi connectivity index (χ2v) is 17.7. The number of hydrogen-bond donors (Lipinski definition) is 0. The summed E-state index contributed by atoms with van der Waals surface area (Å²) in [4.78, 5) is 7.59. The third-order valence-corrected chi connectivity index (χ3v) is 11.2. The SMILES string of the molecule is CCOc1ccc(-c2cc(-c3ccc(-c4ccc(N(c5ccc(C(C)(C)C)cc5)c5ccc(C(C)(C)C)cc5)cc4)cc3)cc(-c3ccc(OCC)cc3OCC)n2)c(OCC)c1. The third kappa shape index (κ3) is 10.4. The topological polar surface area (TPSA) is 53.1 Å². The smallest absolute Gasteiger partial charge is 0.132 e. The quantitative estimate of drug-likeness (QED) is 0.103. The maximum atomic E-state index is 6.18. The lowest BCUT2D eigenvalue weighted by molar-refractivity contribution is 0.323. The van der Waals surface area contributed by atoms with Gasteiger partial charge in [0.15, 0.2) is 0 Å². The molecule has 1 aromatic heterocycles. The lowest BCUT2D eigenvalue weighted by Crippen LogP contribution is -2.14. The van der Waals surface area contributed by atoms with Crippen molar-refractivity contribution in [2.75, 3.05) is 31.3 Å². The zero-order chi connectivity index (χ0) is 44.7. The van der Waals surface area contributed by atoms with Crippen molar-refractivity contribution in [2.24, 2.45) is 0 Å². The highest BCUT2D eigenvalue weighted by Crippen LogP contribution is 2.41. The maximum Gasteiger partial charge on any atom is 0.132 e. The molecule has 6 nitrogen and oxygen atoms in total. The molecular formula is C57H62N2O4. The predicted molar refractivity (Wildman–Crippen MR) is 263 cm³/mol. The van der Waals surface area contributed by atoms with Crippen LogP contribution in [0.4, 0.5) is 17.1 Å². The molecule has 0 radical (unpaired) electrons. The average Bonchev–Trinajstić information content (AvgIpc) is 3.27. The van der Waals surface area contributed by atoms with E-state index in [-0.39, 0.29) is 10.8 Å². The summed E-state index contributed by atoms with van der Waals surface area (Å²) in [6.45, 7) is 23.6. The van der Waals surface area contributed by atoms with Crippen LogP contribution in [0.1, 0.15) is 80.4 Å². The molecule has 0 atom stereocenters. The van der Waals surface area contributed by atoms with Crippen molar-refractivity contribution in [1.82, 2.24) is 4.98 Å². The molecule has 0 unspecified atom stereocenters. The fraction of sp³-hybridized carbons (Fsp3) is 0.281. The summed E-state index contributed by atoms with van der Waals surface area (Å²) >= 11 is 0. The van der Waals surface area contributed by atoms with Crippen molar-refractivity contribution in [2.45, 2.75) is 80.1 Å². The van der Waals surface area contributed by atoms with E-state index in [2.05, 4.69) is 156 Å². The van der Waals surface area contributed by atoms with Gasteiger partial charge in [0, 0.05) is 40.3 Å². The second-order valence-electron chi connectivity index (χ2n) is 17.7. The van der Waals surface area contributed by atoms with Crippen LogP contribution in [-0.4, -0.2) is 31.4 Å². The van der Waals surface area contributed by atoms with E-state index in [1.54, 1.807) is 0 Å². The van der Waals surface area contributed by atoms with Crippen molar-refractivity contribution in [1.29, 1.82) is 0 Å². The molecule has 63 heavy (non-hydrogen) atoms. The summed E-state index contributed by atoms with van der Waals surface area (Å²) in [5.41, 5.74) is 13.8. The summed E-state index contributed by atoms with van der Waals surface area (Å²) in [5, 5.41) is 0. The molecule has 7 rings (SSSR count). The second kappa shape index (κ2) is 19.2. The Balaban J connectivity index is 1.26. The lowest BCUT2D eigenvalue weighted by Gasteiger charge is -2.28. The molecule has 0 N–H and O–H groups in total. The number of benzene rings is 6. The first-order valence-electron chi connectivity index (χ1n) is 22.3. The van der Waals surface area contributed by atoms with Crippen LogP contribution in [-0.2, 0) is 10.8 Å². The Morgan fingerprint density at radius 2 is 0.714 bits per heavy atom. The van der Waals surface area contributed by atoms with Crippen molar-refractivity contribution < 1.29 is 18.9 Å². The van der Waals surface area contributed by atoms with Crippen molar-refractivity contribution in [3.8, 4) is 67.8 Å². The number of ether oxygens (including phenoxy) is 4. The van der Waals surface area contributed by atoms with E-state index >= 15 is 0 Å². The molecule has 0 saturated carbocycles. The van der Waals surface area contributed by atoms with Gasteiger partial charge in [0.05, 0.1) is 37.8 Å². The highest BCUT2D eigenvalue weighted by atomic mass is 16.5. The van der Waals surface area contributed by atoms with Crippen molar-refractivity contribution in [3.05, 3.63) is 157 Å².